The average molecular weight is 479 g/mol. The Balaban J connectivity index is 2.30. The second-order valence-electron chi connectivity index (χ2n) is 6.97. The summed E-state index contributed by atoms with van der Waals surface area (Å²) in [4.78, 5) is 10.3. The number of furan rings is 1. The van der Waals surface area contributed by atoms with Crippen LogP contribution in [-0.2, 0) is 15.6 Å². The monoisotopic (exact) mass is 479 g/mol. The van der Waals surface area contributed by atoms with E-state index in [2.05, 4.69) is 5.32 Å². The van der Waals surface area contributed by atoms with E-state index < -0.39 is 51.1 Å². The topological polar surface area (TPSA) is 126 Å². The van der Waals surface area contributed by atoms with Gasteiger partial charge >= 0.3 is 6.18 Å². The number of halogens is 3. The molecule has 2 N–H and O–H groups in total. The quantitative estimate of drug-likeness (QED) is 0.392. The van der Waals surface area contributed by atoms with Crippen molar-refractivity contribution in [2.45, 2.75) is 43.9 Å². The van der Waals surface area contributed by atoms with Gasteiger partial charge in [-0.3, -0.25) is 10.1 Å². The molecule has 1 heterocycles. The maximum absolute atomic E-state index is 13.5. The molecular weight excluding hydrogens is 455 g/mol. The first kappa shape index (κ1) is 25.6. The van der Waals surface area contributed by atoms with E-state index in [-0.39, 0.29) is 29.4 Å². The normalized spacial score (nSPS) is 14.4. The van der Waals surface area contributed by atoms with Crippen molar-refractivity contribution in [3.05, 3.63) is 52.0 Å². The number of aliphatic hydroxyl groups is 1. The smallest absolute Gasteiger partial charge is 0.424 e. The van der Waals surface area contributed by atoms with E-state index in [9.17, 15) is 36.8 Å². The number of anilines is 1. The molecule has 2 rings (SSSR count). The number of hydrogen-bond donors (Lipinski definition) is 2. The number of nitrogens with zero attached hydrogens (tertiary/aromatic N) is 2. The van der Waals surface area contributed by atoms with E-state index >= 15 is 0 Å². The number of nitro groups is 1. The predicted octanol–water partition coefficient (Wildman–Crippen LogP) is 3.78. The Labute approximate surface area is 183 Å². The number of nitro benzene ring substituents is 1. The van der Waals surface area contributed by atoms with Gasteiger partial charge in [0.05, 0.1) is 9.82 Å². The lowest BCUT2D eigenvalue weighted by atomic mass is 9.95. The van der Waals surface area contributed by atoms with Gasteiger partial charge < -0.3 is 14.8 Å². The highest BCUT2D eigenvalue weighted by Gasteiger charge is 2.56. The Kier molecular flexibility index (Phi) is 7.58. The Morgan fingerprint density at radius 1 is 1.19 bits per heavy atom. The molecule has 0 fully saturated rings. The molecule has 0 amide bonds. The van der Waals surface area contributed by atoms with Crippen molar-refractivity contribution in [2.24, 2.45) is 0 Å². The standard InChI is InChI=1S/C19H24F3N3O6S/c1-4-24(5-2)32(29,30)14-7-8-15(16(12-14)25(27)28)23-11-10-18(26,19(20,21)22)17-9-6-13(3)31-17/h6-9,12,23,26H,4-5,10-11H2,1-3H3/t18-/m1/s1. The van der Waals surface area contributed by atoms with E-state index in [1.807, 2.05) is 0 Å². The molecule has 13 heteroatoms. The van der Waals surface area contributed by atoms with E-state index in [4.69, 9.17) is 4.42 Å². The number of nitrogens with one attached hydrogen (secondary N) is 1. The lowest BCUT2D eigenvalue weighted by molar-refractivity contribution is -0.384. The molecule has 0 unspecified atom stereocenters. The summed E-state index contributed by atoms with van der Waals surface area (Å²) in [7, 11) is -3.97. The predicted molar refractivity (Wildman–Crippen MR) is 110 cm³/mol. The van der Waals surface area contributed by atoms with E-state index in [1.165, 1.54) is 13.0 Å². The Hall–Kier alpha value is -2.64. The zero-order chi connectivity index (χ0) is 24.3. The number of aryl methyl sites for hydroxylation is 1. The van der Waals surface area contributed by atoms with Gasteiger partial charge in [-0.1, -0.05) is 13.8 Å². The minimum absolute atomic E-state index is 0.162. The lowest BCUT2D eigenvalue weighted by Gasteiger charge is -2.28. The van der Waals surface area contributed by atoms with Crippen molar-refractivity contribution >= 4 is 21.4 Å². The van der Waals surface area contributed by atoms with Gasteiger partial charge in [-0.05, 0) is 31.2 Å². The van der Waals surface area contributed by atoms with Gasteiger partial charge in [-0.15, -0.1) is 0 Å². The first-order valence-corrected chi connectivity index (χ1v) is 11.1. The summed E-state index contributed by atoms with van der Waals surface area (Å²) < 4.78 is 71.9. The van der Waals surface area contributed by atoms with Crippen LogP contribution in [0, 0.1) is 17.0 Å². The van der Waals surface area contributed by atoms with Crippen LogP contribution in [0.4, 0.5) is 24.5 Å². The average Bonchev–Trinajstić information content (AvgIpc) is 3.14. The highest BCUT2D eigenvalue weighted by Crippen LogP contribution is 2.42. The fourth-order valence-electron chi connectivity index (χ4n) is 3.12. The van der Waals surface area contributed by atoms with E-state index in [0.29, 0.717) is 0 Å². The molecule has 0 aliphatic heterocycles. The Morgan fingerprint density at radius 3 is 2.28 bits per heavy atom. The molecule has 9 nitrogen and oxygen atoms in total. The highest BCUT2D eigenvalue weighted by atomic mass is 32.2. The van der Waals surface area contributed by atoms with Gasteiger partial charge in [0.25, 0.3) is 5.69 Å². The second-order valence-corrected chi connectivity index (χ2v) is 8.91. The SMILES string of the molecule is CCN(CC)S(=O)(=O)c1ccc(NCC[C@@](O)(c2ccc(C)o2)C(F)(F)F)c([N+](=O)[O-])c1. The zero-order valence-electron chi connectivity index (χ0n) is 17.6. The molecule has 0 saturated heterocycles. The Morgan fingerprint density at radius 2 is 1.81 bits per heavy atom. The third-order valence-corrected chi connectivity index (χ3v) is 6.97. The summed E-state index contributed by atoms with van der Waals surface area (Å²) in [5.74, 6) is -0.518. The summed E-state index contributed by atoms with van der Waals surface area (Å²) >= 11 is 0. The minimum atomic E-state index is -5.06. The van der Waals surface area contributed by atoms with Crippen LogP contribution in [-0.4, -0.2) is 48.6 Å². The van der Waals surface area contributed by atoms with Crippen LogP contribution in [0.25, 0.3) is 0 Å². The van der Waals surface area contributed by atoms with Crippen LogP contribution in [0.5, 0.6) is 0 Å². The molecule has 178 valence electrons. The summed E-state index contributed by atoms with van der Waals surface area (Å²) in [6, 6.07) is 5.38. The molecule has 0 aliphatic rings. The summed E-state index contributed by atoms with van der Waals surface area (Å²) in [5.41, 5.74) is -4.12. The number of rotatable bonds is 10. The first-order chi connectivity index (χ1) is 14.8. The molecule has 0 saturated carbocycles. The van der Waals surface area contributed by atoms with E-state index in [0.717, 1.165) is 28.6 Å². The number of alkyl halides is 3. The molecule has 1 atom stereocenters. The number of hydrogen-bond acceptors (Lipinski definition) is 7. The van der Waals surface area contributed by atoms with Gasteiger partial charge in [0.2, 0.25) is 15.6 Å². The van der Waals surface area contributed by atoms with Crippen molar-refractivity contribution in [3.63, 3.8) is 0 Å². The Bertz CT molecular complexity index is 1070. The first-order valence-electron chi connectivity index (χ1n) is 9.66. The summed E-state index contributed by atoms with van der Waals surface area (Å²) in [6.07, 6.45) is -5.97. The molecule has 0 bridgehead atoms. The van der Waals surface area contributed by atoms with Crippen LogP contribution in [0.15, 0.2) is 39.6 Å². The van der Waals surface area contributed by atoms with Crippen molar-refractivity contribution in [2.75, 3.05) is 25.0 Å². The third-order valence-electron chi connectivity index (χ3n) is 4.93. The maximum atomic E-state index is 13.5. The molecule has 0 radical (unpaired) electrons. The fourth-order valence-corrected chi connectivity index (χ4v) is 4.60. The largest absolute Gasteiger partial charge is 0.463 e. The van der Waals surface area contributed by atoms with Gasteiger partial charge in [-0.2, -0.15) is 17.5 Å². The lowest BCUT2D eigenvalue weighted by Crippen LogP contribution is -2.43. The fraction of sp³-hybridized carbons (Fsp3) is 0.474. The maximum Gasteiger partial charge on any atom is 0.424 e. The number of benzene rings is 1. The van der Waals surface area contributed by atoms with Crippen molar-refractivity contribution in [1.82, 2.24) is 4.31 Å². The minimum Gasteiger partial charge on any atom is -0.463 e. The van der Waals surface area contributed by atoms with Crippen LogP contribution in [0.1, 0.15) is 31.8 Å². The van der Waals surface area contributed by atoms with Gasteiger partial charge in [-0.25, -0.2) is 8.42 Å². The molecule has 32 heavy (non-hydrogen) atoms. The third kappa shape index (κ3) is 5.05. The van der Waals surface area contributed by atoms with Gasteiger partial charge in [0.1, 0.15) is 17.2 Å². The molecule has 0 spiro atoms. The van der Waals surface area contributed by atoms with Crippen LogP contribution in [0.3, 0.4) is 0 Å². The van der Waals surface area contributed by atoms with Crippen LogP contribution < -0.4 is 5.32 Å². The molecule has 2 aromatic rings. The van der Waals surface area contributed by atoms with Crippen molar-refractivity contribution in [1.29, 1.82) is 0 Å². The second kappa shape index (κ2) is 9.46. The highest BCUT2D eigenvalue weighted by molar-refractivity contribution is 7.89. The number of sulfonamides is 1. The summed E-state index contributed by atoms with van der Waals surface area (Å²) in [5, 5.41) is 24.2. The molecule has 1 aromatic heterocycles. The van der Waals surface area contributed by atoms with Gasteiger partial charge in [0.15, 0.2) is 0 Å². The van der Waals surface area contributed by atoms with Crippen LogP contribution in [0.2, 0.25) is 0 Å². The molecule has 0 aliphatic carbocycles. The van der Waals surface area contributed by atoms with Crippen molar-refractivity contribution in [3.8, 4) is 0 Å². The van der Waals surface area contributed by atoms with E-state index in [1.54, 1.807) is 13.8 Å². The van der Waals surface area contributed by atoms with Crippen LogP contribution >= 0.6 is 0 Å². The summed E-state index contributed by atoms with van der Waals surface area (Å²) in [6.45, 7) is 4.47. The zero-order valence-corrected chi connectivity index (χ0v) is 18.5. The molecular formula is C19H24F3N3O6S. The van der Waals surface area contributed by atoms with Gasteiger partial charge in [0, 0.05) is 32.1 Å². The molecule has 1 aromatic carbocycles. The van der Waals surface area contributed by atoms with Crippen molar-refractivity contribution < 1.29 is 36.0 Å².